The summed E-state index contributed by atoms with van der Waals surface area (Å²) in [6, 6.07) is -0.542. The van der Waals surface area contributed by atoms with E-state index in [4.69, 9.17) is 0 Å². The summed E-state index contributed by atoms with van der Waals surface area (Å²) in [5, 5.41) is 13.3. The third kappa shape index (κ3) is 2.32. The van der Waals surface area contributed by atoms with Gasteiger partial charge in [0, 0.05) is 6.54 Å². The standard InChI is InChI=1S/C12H18N4O3/c1-9(16-8-13-7-14-16)10(17)15-6-4-3-5-12(15,2)11(18)19/h7-9H,3-6H2,1-2H3,(H,18,19). The zero-order valence-electron chi connectivity index (χ0n) is 11.1. The molecule has 1 aliphatic heterocycles. The molecule has 0 aromatic carbocycles. The Kier molecular flexibility index (Phi) is 3.55. The molecule has 2 heterocycles. The fourth-order valence-electron chi connectivity index (χ4n) is 2.45. The van der Waals surface area contributed by atoms with E-state index in [1.54, 1.807) is 13.8 Å². The Morgan fingerprint density at radius 1 is 1.42 bits per heavy atom. The summed E-state index contributed by atoms with van der Waals surface area (Å²) in [4.78, 5) is 29.2. The van der Waals surface area contributed by atoms with E-state index in [2.05, 4.69) is 10.1 Å². The number of likely N-dealkylation sites (tertiary alicyclic amines) is 1. The average molecular weight is 266 g/mol. The minimum atomic E-state index is -1.12. The van der Waals surface area contributed by atoms with Gasteiger partial charge in [0.2, 0.25) is 5.91 Å². The van der Waals surface area contributed by atoms with Crippen molar-refractivity contribution in [2.75, 3.05) is 6.54 Å². The van der Waals surface area contributed by atoms with E-state index >= 15 is 0 Å². The molecule has 7 heteroatoms. The van der Waals surface area contributed by atoms with Gasteiger partial charge in [0.15, 0.2) is 0 Å². The second-order valence-electron chi connectivity index (χ2n) is 5.08. The summed E-state index contributed by atoms with van der Waals surface area (Å²) in [5.74, 6) is -1.18. The average Bonchev–Trinajstić information content (AvgIpc) is 2.91. The summed E-state index contributed by atoms with van der Waals surface area (Å²) in [6.07, 6.45) is 4.96. The number of carboxylic acids is 1. The first-order valence-electron chi connectivity index (χ1n) is 6.36. The minimum Gasteiger partial charge on any atom is -0.480 e. The molecule has 19 heavy (non-hydrogen) atoms. The Morgan fingerprint density at radius 3 is 2.74 bits per heavy atom. The lowest BCUT2D eigenvalue weighted by molar-refractivity contribution is -0.162. The van der Waals surface area contributed by atoms with Crippen LogP contribution in [0.2, 0.25) is 0 Å². The lowest BCUT2D eigenvalue weighted by atomic mass is 9.88. The number of piperidine rings is 1. The molecule has 0 saturated carbocycles. The van der Waals surface area contributed by atoms with Crippen molar-refractivity contribution >= 4 is 11.9 Å². The highest BCUT2D eigenvalue weighted by atomic mass is 16.4. The van der Waals surface area contributed by atoms with Crippen molar-refractivity contribution in [1.82, 2.24) is 19.7 Å². The quantitative estimate of drug-likeness (QED) is 0.869. The normalized spacial score (nSPS) is 25.1. The van der Waals surface area contributed by atoms with Crippen LogP contribution in [-0.2, 0) is 9.59 Å². The Morgan fingerprint density at radius 2 is 2.16 bits per heavy atom. The van der Waals surface area contributed by atoms with Crippen LogP contribution in [0.25, 0.3) is 0 Å². The van der Waals surface area contributed by atoms with E-state index in [1.807, 2.05) is 0 Å². The molecule has 1 aromatic heterocycles. The zero-order chi connectivity index (χ0) is 14.0. The van der Waals surface area contributed by atoms with Crippen LogP contribution in [0.5, 0.6) is 0 Å². The van der Waals surface area contributed by atoms with Gasteiger partial charge >= 0.3 is 5.97 Å². The van der Waals surface area contributed by atoms with Gasteiger partial charge in [-0.25, -0.2) is 14.5 Å². The second-order valence-corrected chi connectivity index (χ2v) is 5.08. The fourth-order valence-corrected chi connectivity index (χ4v) is 2.45. The van der Waals surface area contributed by atoms with Crippen molar-refractivity contribution in [2.24, 2.45) is 0 Å². The van der Waals surface area contributed by atoms with Crippen LogP contribution in [0.1, 0.15) is 39.2 Å². The van der Waals surface area contributed by atoms with Crippen molar-refractivity contribution in [3.63, 3.8) is 0 Å². The summed E-state index contributed by atoms with van der Waals surface area (Å²) in [5.41, 5.74) is -1.12. The predicted octanol–water partition coefficient (Wildman–Crippen LogP) is 0.695. The second kappa shape index (κ2) is 4.99. The monoisotopic (exact) mass is 266 g/mol. The molecule has 0 spiro atoms. The minimum absolute atomic E-state index is 0.227. The SMILES string of the molecule is CC(C(=O)N1CCCCC1(C)C(=O)O)n1cncn1. The first kappa shape index (κ1) is 13.5. The van der Waals surface area contributed by atoms with Crippen molar-refractivity contribution in [2.45, 2.75) is 44.7 Å². The van der Waals surface area contributed by atoms with E-state index in [9.17, 15) is 14.7 Å². The molecule has 1 saturated heterocycles. The Balaban J connectivity index is 2.23. The molecule has 1 N–H and O–H groups in total. The van der Waals surface area contributed by atoms with Crippen LogP contribution in [0.15, 0.2) is 12.7 Å². The summed E-state index contributed by atoms with van der Waals surface area (Å²) in [6.45, 7) is 3.79. The van der Waals surface area contributed by atoms with Crippen LogP contribution in [0.4, 0.5) is 0 Å². The highest BCUT2D eigenvalue weighted by Gasteiger charge is 2.45. The highest BCUT2D eigenvalue weighted by Crippen LogP contribution is 2.30. The van der Waals surface area contributed by atoms with Crippen molar-refractivity contribution in [3.05, 3.63) is 12.7 Å². The zero-order valence-corrected chi connectivity index (χ0v) is 11.1. The van der Waals surface area contributed by atoms with Crippen LogP contribution >= 0.6 is 0 Å². The lowest BCUT2D eigenvalue weighted by Crippen LogP contribution is -2.58. The van der Waals surface area contributed by atoms with Gasteiger partial charge in [0.05, 0.1) is 0 Å². The van der Waals surface area contributed by atoms with Crippen molar-refractivity contribution in [3.8, 4) is 0 Å². The molecule has 1 amide bonds. The first-order valence-corrected chi connectivity index (χ1v) is 6.36. The molecule has 0 radical (unpaired) electrons. The van der Waals surface area contributed by atoms with E-state index in [-0.39, 0.29) is 5.91 Å². The Hall–Kier alpha value is -1.92. The van der Waals surface area contributed by atoms with Crippen LogP contribution in [0, 0.1) is 0 Å². The maximum atomic E-state index is 12.5. The van der Waals surface area contributed by atoms with Crippen LogP contribution in [-0.4, -0.2) is 48.7 Å². The number of hydrogen-bond donors (Lipinski definition) is 1. The Bertz CT molecular complexity index is 473. The van der Waals surface area contributed by atoms with Crippen molar-refractivity contribution < 1.29 is 14.7 Å². The van der Waals surface area contributed by atoms with E-state index in [0.717, 1.165) is 12.8 Å². The van der Waals surface area contributed by atoms with Gasteiger partial charge in [-0.15, -0.1) is 0 Å². The summed E-state index contributed by atoms with van der Waals surface area (Å²) in [7, 11) is 0. The van der Waals surface area contributed by atoms with Gasteiger partial charge in [-0.05, 0) is 33.1 Å². The molecule has 1 aromatic rings. The number of aromatic nitrogens is 3. The maximum Gasteiger partial charge on any atom is 0.329 e. The lowest BCUT2D eigenvalue weighted by Gasteiger charge is -2.42. The van der Waals surface area contributed by atoms with Gasteiger partial charge in [-0.3, -0.25) is 4.79 Å². The van der Waals surface area contributed by atoms with E-state index in [1.165, 1.54) is 22.2 Å². The first-order chi connectivity index (χ1) is 8.97. The number of nitrogens with zero attached hydrogens (tertiary/aromatic N) is 4. The summed E-state index contributed by atoms with van der Waals surface area (Å²) < 4.78 is 1.44. The molecule has 1 fully saturated rings. The molecular formula is C12H18N4O3. The van der Waals surface area contributed by atoms with Gasteiger partial charge in [-0.1, -0.05) is 0 Å². The molecule has 2 rings (SSSR count). The molecular weight excluding hydrogens is 248 g/mol. The van der Waals surface area contributed by atoms with Gasteiger partial charge in [0.25, 0.3) is 0 Å². The smallest absolute Gasteiger partial charge is 0.329 e. The maximum absolute atomic E-state index is 12.5. The number of carboxylic acid groups (broad SMARTS) is 1. The molecule has 0 bridgehead atoms. The Labute approximate surface area is 111 Å². The molecule has 7 nitrogen and oxygen atoms in total. The van der Waals surface area contributed by atoms with E-state index < -0.39 is 17.6 Å². The number of aliphatic carboxylic acids is 1. The van der Waals surface area contributed by atoms with Crippen LogP contribution in [0.3, 0.4) is 0 Å². The number of carbonyl (C=O) groups is 2. The van der Waals surface area contributed by atoms with Gasteiger partial charge < -0.3 is 10.0 Å². The largest absolute Gasteiger partial charge is 0.480 e. The third-order valence-corrected chi connectivity index (χ3v) is 3.81. The van der Waals surface area contributed by atoms with Gasteiger partial charge in [-0.2, -0.15) is 5.10 Å². The number of rotatable bonds is 3. The summed E-state index contributed by atoms with van der Waals surface area (Å²) >= 11 is 0. The molecule has 2 atom stereocenters. The fraction of sp³-hybridized carbons (Fsp3) is 0.667. The van der Waals surface area contributed by atoms with E-state index in [0.29, 0.717) is 13.0 Å². The molecule has 2 unspecified atom stereocenters. The highest BCUT2D eigenvalue weighted by molar-refractivity contribution is 5.88. The predicted molar refractivity (Wildman–Crippen MR) is 66.3 cm³/mol. The van der Waals surface area contributed by atoms with Gasteiger partial charge in [0.1, 0.15) is 24.2 Å². The van der Waals surface area contributed by atoms with Crippen molar-refractivity contribution in [1.29, 1.82) is 0 Å². The molecule has 0 aliphatic carbocycles. The third-order valence-electron chi connectivity index (χ3n) is 3.81. The number of hydrogen-bond acceptors (Lipinski definition) is 4. The topological polar surface area (TPSA) is 88.3 Å². The molecule has 104 valence electrons. The van der Waals surface area contributed by atoms with Crippen LogP contribution < -0.4 is 0 Å². The number of carbonyl (C=O) groups excluding carboxylic acids is 1. The molecule has 1 aliphatic rings. The number of amides is 1.